The Kier molecular flexibility index (Phi) is 5.63. The van der Waals surface area contributed by atoms with Gasteiger partial charge in [0.15, 0.2) is 22.8 Å². The van der Waals surface area contributed by atoms with E-state index in [1.165, 1.54) is 12.2 Å². The van der Waals surface area contributed by atoms with Gasteiger partial charge in [0.25, 0.3) is 0 Å². The molecule has 1 unspecified atom stereocenters. The number of carbonyl (C=O) groups excluding carboxylic acids is 2. The van der Waals surface area contributed by atoms with Gasteiger partial charge in [-0.15, -0.1) is 0 Å². The SMILES string of the molecule is Cc1cc(N2C[C@@H]3CC4[C@@H]5C[C@H](F)C6=CC(=O)C=C[C@]6(C)[C@@]5(F)[C@@H](O)C[C@]4(C)[C@]3(C(=O)CO)O2)ccc1Cl. The number of aliphatic hydroxyl groups is 2. The Balaban J connectivity index is 1.44. The molecule has 4 fully saturated rings. The lowest BCUT2D eigenvalue weighted by Crippen LogP contribution is -2.70. The number of aliphatic hydroxyl groups excluding tert-OH is 2. The molecule has 1 aliphatic heterocycles. The first kappa shape index (κ1) is 26.1. The summed E-state index contributed by atoms with van der Waals surface area (Å²) in [5.41, 5.74) is -4.72. The summed E-state index contributed by atoms with van der Waals surface area (Å²) < 4.78 is 33.1. The van der Waals surface area contributed by atoms with Crippen LogP contribution in [0.2, 0.25) is 5.02 Å². The van der Waals surface area contributed by atoms with Crippen LogP contribution in [0.15, 0.2) is 42.0 Å². The van der Waals surface area contributed by atoms with Crippen molar-refractivity contribution in [2.75, 3.05) is 18.2 Å². The van der Waals surface area contributed by atoms with E-state index in [2.05, 4.69) is 0 Å². The number of Topliss-reactive ketones (excluding diaryl/α,β-unsaturated/α-hetero) is 1. The number of anilines is 1. The Morgan fingerprint density at radius 2 is 2.00 bits per heavy atom. The zero-order valence-corrected chi connectivity index (χ0v) is 22.3. The maximum atomic E-state index is 17.4. The van der Waals surface area contributed by atoms with Crippen LogP contribution >= 0.6 is 11.6 Å². The number of allylic oxidation sites excluding steroid dienone is 4. The van der Waals surface area contributed by atoms with E-state index >= 15 is 8.78 Å². The number of fused-ring (bicyclic) bond motifs is 7. The van der Waals surface area contributed by atoms with Gasteiger partial charge in [0.2, 0.25) is 0 Å². The summed E-state index contributed by atoms with van der Waals surface area (Å²) in [7, 11) is 0. The molecule has 4 aliphatic carbocycles. The van der Waals surface area contributed by atoms with E-state index in [-0.39, 0.29) is 18.4 Å². The maximum absolute atomic E-state index is 17.4. The third kappa shape index (κ3) is 2.98. The number of nitrogens with zero attached hydrogens (tertiary/aromatic N) is 1. The molecule has 5 aliphatic rings. The van der Waals surface area contributed by atoms with E-state index in [1.807, 2.05) is 19.9 Å². The zero-order chi connectivity index (χ0) is 27.4. The fraction of sp³-hybridized carbons (Fsp3) is 0.586. The van der Waals surface area contributed by atoms with Gasteiger partial charge in [-0.3, -0.25) is 19.5 Å². The molecule has 6 nitrogen and oxygen atoms in total. The second kappa shape index (κ2) is 8.19. The average molecular weight is 548 g/mol. The first-order chi connectivity index (χ1) is 17.8. The van der Waals surface area contributed by atoms with Gasteiger partial charge >= 0.3 is 0 Å². The van der Waals surface area contributed by atoms with Gasteiger partial charge in [0.1, 0.15) is 12.8 Å². The lowest BCUT2D eigenvalue weighted by atomic mass is 9.44. The molecule has 38 heavy (non-hydrogen) atoms. The molecule has 0 bridgehead atoms. The van der Waals surface area contributed by atoms with Crippen LogP contribution in [0.5, 0.6) is 0 Å². The van der Waals surface area contributed by atoms with Crippen LogP contribution in [0.1, 0.15) is 38.7 Å². The summed E-state index contributed by atoms with van der Waals surface area (Å²) in [6, 6.07) is 5.38. The van der Waals surface area contributed by atoms with Crippen molar-refractivity contribution in [3.63, 3.8) is 0 Å². The van der Waals surface area contributed by atoms with Crippen LogP contribution < -0.4 is 5.06 Å². The van der Waals surface area contributed by atoms with E-state index in [4.69, 9.17) is 16.4 Å². The second-order valence-corrected chi connectivity index (χ2v) is 12.6. The fourth-order valence-electron chi connectivity index (χ4n) is 8.80. The van der Waals surface area contributed by atoms with E-state index in [0.29, 0.717) is 23.7 Å². The molecule has 3 saturated carbocycles. The summed E-state index contributed by atoms with van der Waals surface area (Å²) >= 11 is 6.20. The predicted molar refractivity (Wildman–Crippen MR) is 137 cm³/mol. The molecule has 1 heterocycles. The molecule has 1 aromatic carbocycles. The molecule has 0 amide bonds. The molecule has 9 heteroatoms. The molecule has 0 aromatic heterocycles. The second-order valence-electron chi connectivity index (χ2n) is 12.2. The number of ketones is 2. The number of hydrogen-bond acceptors (Lipinski definition) is 6. The van der Waals surface area contributed by atoms with Crippen LogP contribution in [0, 0.1) is 35.5 Å². The maximum Gasteiger partial charge on any atom is 0.193 e. The highest BCUT2D eigenvalue weighted by atomic mass is 35.5. The molecular formula is C29H32ClF2NO5. The summed E-state index contributed by atoms with van der Waals surface area (Å²) in [6.07, 6.45) is 0.767. The Bertz CT molecular complexity index is 1300. The molecule has 1 aromatic rings. The van der Waals surface area contributed by atoms with E-state index in [9.17, 15) is 19.8 Å². The third-order valence-electron chi connectivity index (χ3n) is 10.6. The predicted octanol–water partition coefficient (Wildman–Crippen LogP) is 4.25. The minimum absolute atomic E-state index is 0.0614. The van der Waals surface area contributed by atoms with E-state index < -0.39 is 70.3 Å². The molecule has 0 radical (unpaired) electrons. The van der Waals surface area contributed by atoms with Gasteiger partial charge in [-0.05, 0) is 80.5 Å². The summed E-state index contributed by atoms with van der Waals surface area (Å²) in [5.74, 6) is -2.75. The van der Waals surface area contributed by atoms with Crippen molar-refractivity contribution >= 4 is 28.9 Å². The minimum atomic E-state index is -2.24. The Hall–Kier alpha value is -2.13. The van der Waals surface area contributed by atoms with Crippen molar-refractivity contribution < 1.29 is 33.4 Å². The van der Waals surface area contributed by atoms with Crippen molar-refractivity contribution in [3.8, 4) is 0 Å². The van der Waals surface area contributed by atoms with Crippen molar-refractivity contribution in [2.45, 2.75) is 63.6 Å². The van der Waals surface area contributed by atoms with Crippen molar-refractivity contribution in [2.24, 2.45) is 28.6 Å². The lowest BCUT2D eigenvalue weighted by molar-refractivity contribution is -0.228. The van der Waals surface area contributed by atoms with Crippen LogP contribution in [0.25, 0.3) is 0 Å². The minimum Gasteiger partial charge on any atom is -0.390 e. The Morgan fingerprint density at radius 1 is 1.26 bits per heavy atom. The third-order valence-corrected chi connectivity index (χ3v) is 11.0. The number of halogens is 3. The molecule has 2 N–H and O–H groups in total. The first-order valence-corrected chi connectivity index (χ1v) is 13.5. The monoisotopic (exact) mass is 547 g/mol. The van der Waals surface area contributed by atoms with Gasteiger partial charge < -0.3 is 10.2 Å². The summed E-state index contributed by atoms with van der Waals surface area (Å²) in [5, 5.41) is 23.9. The topological polar surface area (TPSA) is 87.1 Å². The van der Waals surface area contributed by atoms with Gasteiger partial charge in [-0.2, -0.15) is 0 Å². The highest BCUT2D eigenvalue weighted by molar-refractivity contribution is 6.31. The number of benzene rings is 1. The lowest BCUT2D eigenvalue weighted by Gasteiger charge is -2.63. The molecule has 9 atom stereocenters. The molecule has 0 spiro atoms. The number of hydrogen-bond donors (Lipinski definition) is 2. The van der Waals surface area contributed by atoms with Crippen LogP contribution in [-0.4, -0.2) is 58.5 Å². The fourth-order valence-corrected chi connectivity index (χ4v) is 8.92. The van der Waals surface area contributed by atoms with E-state index in [1.54, 1.807) is 24.1 Å². The van der Waals surface area contributed by atoms with Crippen LogP contribution in [-0.2, 0) is 14.4 Å². The highest BCUT2D eigenvalue weighted by Gasteiger charge is 2.79. The standard InChI is InChI=1S/C29H32ClF2NO5/c1-15-8-17(4-5-22(15)30)33-13-16-9-19-20-11-23(31)21-10-18(35)6-7-26(21,2)28(20,32)24(36)12-27(19,3)29(16,38-33)25(37)14-34/h4-8,10,16,19-20,23-24,34,36H,9,11-14H2,1-3H3/t16-,19?,20-,23-,24-,26-,27-,28-,29-/m0/s1. The molecule has 1 saturated heterocycles. The van der Waals surface area contributed by atoms with Crippen molar-refractivity contribution in [1.29, 1.82) is 0 Å². The van der Waals surface area contributed by atoms with Gasteiger partial charge in [-0.25, -0.2) is 8.78 Å². The summed E-state index contributed by atoms with van der Waals surface area (Å²) in [6.45, 7) is 4.77. The van der Waals surface area contributed by atoms with Gasteiger partial charge in [0, 0.05) is 27.7 Å². The van der Waals surface area contributed by atoms with Gasteiger partial charge in [-0.1, -0.05) is 24.6 Å². The number of carbonyl (C=O) groups is 2. The quantitative estimate of drug-likeness (QED) is 0.588. The van der Waals surface area contributed by atoms with Crippen molar-refractivity contribution in [3.05, 3.63) is 52.6 Å². The van der Waals surface area contributed by atoms with Crippen molar-refractivity contribution in [1.82, 2.24) is 0 Å². The Morgan fingerprint density at radius 3 is 2.68 bits per heavy atom. The summed E-state index contributed by atoms with van der Waals surface area (Å²) in [4.78, 5) is 32.1. The number of rotatable bonds is 3. The van der Waals surface area contributed by atoms with E-state index in [0.717, 1.165) is 11.6 Å². The van der Waals surface area contributed by atoms with Gasteiger partial charge in [0.05, 0.1) is 18.3 Å². The molecule has 6 rings (SSSR count). The molecular weight excluding hydrogens is 516 g/mol. The number of hydroxylamine groups is 1. The smallest absolute Gasteiger partial charge is 0.193 e. The normalized spacial score (nSPS) is 45.3. The zero-order valence-electron chi connectivity index (χ0n) is 21.6. The van der Waals surface area contributed by atoms with Crippen LogP contribution in [0.3, 0.4) is 0 Å². The average Bonchev–Trinajstić information content (AvgIpc) is 3.37. The Labute approximate surface area is 225 Å². The van der Waals surface area contributed by atoms with Crippen LogP contribution in [0.4, 0.5) is 14.5 Å². The number of alkyl halides is 2. The highest BCUT2D eigenvalue weighted by Crippen LogP contribution is 2.72. The largest absolute Gasteiger partial charge is 0.390 e. The molecule has 204 valence electrons. The first-order valence-electron chi connectivity index (χ1n) is 13.2. The number of aryl methyl sites for hydroxylation is 1.